The van der Waals surface area contributed by atoms with Crippen molar-refractivity contribution in [2.75, 3.05) is 6.61 Å². The van der Waals surface area contributed by atoms with Crippen LogP contribution in [0.1, 0.15) is 22.8 Å². The quantitative estimate of drug-likeness (QED) is 0.582. The van der Waals surface area contributed by atoms with E-state index in [1.165, 1.54) is 0 Å². The number of halogens is 2. The zero-order valence-corrected chi connectivity index (χ0v) is 16.1. The lowest BCUT2D eigenvalue weighted by molar-refractivity contribution is -0.231. The molecule has 4 N–H and O–H groups in total. The monoisotopic (exact) mass is 442 g/mol. The average molecular weight is 444 g/mol. The molecule has 26 heavy (non-hydrogen) atoms. The summed E-state index contributed by atoms with van der Waals surface area (Å²) in [7, 11) is 0. The molecule has 2 aromatic rings. The smallest absolute Gasteiger partial charge is 0.113 e. The van der Waals surface area contributed by atoms with Crippen LogP contribution in [0.25, 0.3) is 0 Å². The minimum absolute atomic E-state index is 0.458. The van der Waals surface area contributed by atoms with Crippen LogP contribution in [0.5, 0.6) is 0 Å². The Balaban J connectivity index is 1.87. The molecule has 5 atom stereocenters. The molecule has 5 nitrogen and oxygen atoms in total. The van der Waals surface area contributed by atoms with E-state index in [4.69, 9.17) is 16.3 Å². The van der Waals surface area contributed by atoms with Gasteiger partial charge in [-0.3, -0.25) is 0 Å². The maximum absolute atomic E-state index is 10.3. The maximum Gasteiger partial charge on any atom is 0.113 e. The van der Waals surface area contributed by atoms with Crippen molar-refractivity contribution >= 4 is 27.5 Å². The van der Waals surface area contributed by atoms with Crippen molar-refractivity contribution in [3.63, 3.8) is 0 Å². The fraction of sp³-hybridized carbons (Fsp3) is 0.368. The van der Waals surface area contributed by atoms with E-state index in [0.29, 0.717) is 17.0 Å². The van der Waals surface area contributed by atoms with Crippen LogP contribution in [0.2, 0.25) is 5.02 Å². The van der Waals surface area contributed by atoms with Gasteiger partial charge in [0, 0.05) is 9.50 Å². The lowest BCUT2D eigenvalue weighted by Gasteiger charge is -2.40. The molecule has 0 radical (unpaired) electrons. The van der Waals surface area contributed by atoms with Crippen LogP contribution in [0.15, 0.2) is 46.9 Å². The normalized spacial score (nSPS) is 28.9. The van der Waals surface area contributed by atoms with Gasteiger partial charge in [0.25, 0.3) is 0 Å². The average Bonchev–Trinajstić information content (AvgIpc) is 2.64. The van der Waals surface area contributed by atoms with Gasteiger partial charge in [-0.15, -0.1) is 0 Å². The molecule has 0 amide bonds. The molecule has 7 heteroatoms. The second-order valence-electron chi connectivity index (χ2n) is 6.40. The molecular weight excluding hydrogens is 424 g/mol. The zero-order valence-electron chi connectivity index (χ0n) is 13.8. The van der Waals surface area contributed by atoms with E-state index in [1.807, 2.05) is 30.3 Å². The van der Waals surface area contributed by atoms with Gasteiger partial charge >= 0.3 is 0 Å². The first kappa shape index (κ1) is 19.8. The highest BCUT2D eigenvalue weighted by atomic mass is 79.9. The number of aliphatic hydroxyl groups is 4. The van der Waals surface area contributed by atoms with Crippen LogP contribution >= 0.6 is 27.5 Å². The molecular formula is C19H20BrClO5. The summed E-state index contributed by atoms with van der Waals surface area (Å²) in [5, 5.41) is 40.1. The van der Waals surface area contributed by atoms with Gasteiger partial charge in [0.05, 0.1) is 6.61 Å². The minimum Gasteiger partial charge on any atom is -0.394 e. The molecule has 0 bridgehead atoms. The van der Waals surface area contributed by atoms with Crippen LogP contribution in [0, 0.1) is 0 Å². The van der Waals surface area contributed by atoms with Crippen LogP contribution in [0.3, 0.4) is 0 Å². The van der Waals surface area contributed by atoms with Crippen molar-refractivity contribution < 1.29 is 25.2 Å². The second-order valence-corrected chi connectivity index (χ2v) is 7.73. The highest BCUT2D eigenvalue weighted by Gasteiger charge is 2.43. The van der Waals surface area contributed by atoms with Crippen LogP contribution in [-0.2, 0) is 11.2 Å². The Bertz CT molecular complexity index is 752. The molecule has 140 valence electrons. The molecule has 1 aliphatic heterocycles. The number of aliphatic hydroxyl groups excluding tert-OH is 4. The summed E-state index contributed by atoms with van der Waals surface area (Å²) in [6.45, 7) is -0.458. The Morgan fingerprint density at radius 1 is 0.962 bits per heavy atom. The fourth-order valence-electron chi connectivity index (χ4n) is 3.11. The van der Waals surface area contributed by atoms with Crippen molar-refractivity contribution in [2.45, 2.75) is 36.9 Å². The largest absolute Gasteiger partial charge is 0.394 e. The third kappa shape index (κ3) is 4.12. The van der Waals surface area contributed by atoms with Crippen molar-refractivity contribution in [3.8, 4) is 0 Å². The third-order valence-corrected chi connectivity index (χ3v) is 5.50. The number of rotatable bonds is 4. The van der Waals surface area contributed by atoms with E-state index in [2.05, 4.69) is 15.9 Å². The lowest BCUT2D eigenvalue weighted by Crippen LogP contribution is -2.55. The van der Waals surface area contributed by atoms with Crippen LogP contribution < -0.4 is 0 Å². The molecule has 0 unspecified atom stereocenters. The van der Waals surface area contributed by atoms with Gasteiger partial charge in [-0.05, 0) is 41.3 Å². The van der Waals surface area contributed by atoms with E-state index in [1.54, 1.807) is 12.1 Å². The Morgan fingerprint density at radius 3 is 2.31 bits per heavy atom. The number of hydrogen-bond donors (Lipinski definition) is 4. The first-order valence-corrected chi connectivity index (χ1v) is 9.41. The topological polar surface area (TPSA) is 90.2 Å². The third-order valence-electron chi connectivity index (χ3n) is 4.60. The van der Waals surface area contributed by atoms with Gasteiger partial charge in [0.1, 0.15) is 30.5 Å². The van der Waals surface area contributed by atoms with E-state index < -0.39 is 37.1 Å². The Morgan fingerprint density at radius 2 is 1.65 bits per heavy atom. The Labute approximate surface area is 164 Å². The molecule has 0 aromatic heterocycles. The summed E-state index contributed by atoms with van der Waals surface area (Å²) in [5.74, 6) is 0. The molecule has 1 fully saturated rings. The molecule has 0 spiro atoms. The number of benzene rings is 2. The van der Waals surface area contributed by atoms with E-state index in [-0.39, 0.29) is 0 Å². The molecule has 0 saturated carbocycles. The van der Waals surface area contributed by atoms with Crippen molar-refractivity contribution in [2.24, 2.45) is 0 Å². The van der Waals surface area contributed by atoms with Crippen molar-refractivity contribution in [3.05, 3.63) is 68.7 Å². The standard InChI is InChI=1S/C19H20BrClO5/c20-13-4-1-10(2-5-13)7-12-8-11(3-6-14(12)21)19-18(25)17(24)16(23)15(9-22)26-19/h1-6,8,15-19,22-25H,7,9H2/t15-,16-,17+,18-,19+/m1/s1. The Hall–Kier alpha value is -0.990. The van der Waals surface area contributed by atoms with E-state index >= 15 is 0 Å². The molecule has 1 heterocycles. The first-order valence-electron chi connectivity index (χ1n) is 8.24. The SMILES string of the molecule is OC[C@H]1O[C@@H](c2ccc(Cl)c(Cc3ccc(Br)cc3)c2)[C@H](O)[C@@H](O)[C@@H]1O. The highest BCUT2D eigenvalue weighted by Crippen LogP contribution is 2.34. The summed E-state index contributed by atoms with van der Waals surface area (Å²) in [5.41, 5.74) is 2.54. The van der Waals surface area contributed by atoms with Gasteiger partial charge in [0.2, 0.25) is 0 Å². The molecule has 2 aromatic carbocycles. The summed E-state index contributed by atoms with van der Waals surface area (Å²) in [6, 6.07) is 13.1. The predicted octanol–water partition coefficient (Wildman–Crippen LogP) is 2.21. The number of ether oxygens (including phenoxy) is 1. The van der Waals surface area contributed by atoms with Crippen molar-refractivity contribution in [1.82, 2.24) is 0 Å². The highest BCUT2D eigenvalue weighted by molar-refractivity contribution is 9.10. The number of hydrogen-bond acceptors (Lipinski definition) is 5. The van der Waals surface area contributed by atoms with E-state index in [0.717, 1.165) is 15.6 Å². The van der Waals surface area contributed by atoms with Crippen molar-refractivity contribution in [1.29, 1.82) is 0 Å². The van der Waals surface area contributed by atoms with E-state index in [9.17, 15) is 20.4 Å². The van der Waals surface area contributed by atoms with Gasteiger partial charge in [0.15, 0.2) is 0 Å². The van der Waals surface area contributed by atoms with Gasteiger partial charge in [-0.2, -0.15) is 0 Å². The minimum atomic E-state index is -1.41. The van der Waals surface area contributed by atoms with Gasteiger partial charge in [-0.1, -0.05) is 51.8 Å². The lowest BCUT2D eigenvalue weighted by atomic mass is 9.90. The van der Waals surface area contributed by atoms with Crippen LogP contribution in [0.4, 0.5) is 0 Å². The Kier molecular flexibility index (Phi) is 6.35. The molecule has 1 saturated heterocycles. The van der Waals surface area contributed by atoms with Gasteiger partial charge in [-0.25, -0.2) is 0 Å². The van der Waals surface area contributed by atoms with Gasteiger partial charge < -0.3 is 25.2 Å². The summed E-state index contributed by atoms with van der Waals surface area (Å²) in [6.07, 6.45) is -5.31. The second kappa shape index (κ2) is 8.35. The molecule has 0 aliphatic carbocycles. The van der Waals surface area contributed by atoms with Crippen LogP contribution in [-0.4, -0.2) is 51.4 Å². The maximum atomic E-state index is 10.3. The predicted molar refractivity (Wildman–Crippen MR) is 101 cm³/mol. The summed E-state index contributed by atoms with van der Waals surface area (Å²) in [4.78, 5) is 0. The summed E-state index contributed by atoms with van der Waals surface area (Å²) < 4.78 is 6.61. The molecule has 1 aliphatic rings. The zero-order chi connectivity index (χ0) is 18.8. The first-order chi connectivity index (χ1) is 12.4. The fourth-order valence-corrected chi connectivity index (χ4v) is 3.56. The molecule has 3 rings (SSSR count). The summed E-state index contributed by atoms with van der Waals surface area (Å²) >= 11 is 9.72.